The quantitative estimate of drug-likeness (QED) is 0.501. The highest BCUT2D eigenvalue weighted by molar-refractivity contribution is 5.70. The number of aliphatic carboxylic acids is 1. The maximum atomic E-state index is 10.5. The van der Waals surface area contributed by atoms with Crippen LogP contribution in [0.1, 0.15) is 11.4 Å². The molecule has 0 atom stereocenters. The van der Waals surface area contributed by atoms with Crippen LogP contribution in [0.15, 0.2) is 78.9 Å². The Bertz CT molecular complexity index is 1220. The maximum absolute atomic E-state index is 10.5. The molecule has 0 spiro atoms. The van der Waals surface area contributed by atoms with Crippen molar-refractivity contribution in [3.8, 4) is 28.6 Å². The molecule has 1 heterocycles. The molecule has 0 unspecified atom stereocenters. The van der Waals surface area contributed by atoms with Crippen LogP contribution in [0.2, 0.25) is 0 Å². The van der Waals surface area contributed by atoms with Crippen molar-refractivity contribution in [2.45, 2.75) is 0 Å². The Morgan fingerprint density at radius 3 is 2.39 bits per heavy atom. The van der Waals surface area contributed by atoms with Gasteiger partial charge in [0, 0.05) is 0 Å². The number of carboxylic acid groups (broad SMARTS) is 1. The van der Waals surface area contributed by atoms with Gasteiger partial charge in [-0.2, -0.15) is 0 Å². The smallest absolute Gasteiger partial charge is 0.175 e. The second-order valence-corrected chi connectivity index (χ2v) is 6.62. The van der Waals surface area contributed by atoms with Crippen molar-refractivity contribution in [3.05, 3.63) is 90.3 Å². The van der Waals surface area contributed by atoms with E-state index in [4.69, 9.17) is 4.74 Å². The zero-order valence-corrected chi connectivity index (χ0v) is 16.4. The largest absolute Gasteiger partial charge is 0.546 e. The fourth-order valence-corrected chi connectivity index (χ4v) is 2.97. The van der Waals surface area contributed by atoms with Crippen LogP contribution in [0.4, 0.5) is 0 Å². The Morgan fingerprint density at radius 2 is 1.68 bits per heavy atom. The zero-order chi connectivity index (χ0) is 21.6. The number of rotatable bonds is 7. The van der Waals surface area contributed by atoms with Gasteiger partial charge in [0.2, 0.25) is 0 Å². The Balaban J connectivity index is 1.63. The van der Waals surface area contributed by atoms with Crippen LogP contribution >= 0.6 is 0 Å². The van der Waals surface area contributed by atoms with Gasteiger partial charge >= 0.3 is 0 Å². The third-order valence-electron chi connectivity index (χ3n) is 4.43. The number of nitrogens with zero attached hydrogens (tertiary/aromatic N) is 3. The van der Waals surface area contributed by atoms with Gasteiger partial charge in [-0.05, 0) is 48.0 Å². The number of aromatic hydroxyl groups is 1. The molecule has 0 aliphatic rings. The van der Waals surface area contributed by atoms with E-state index < -0.39 is 12.6 Å². The van der Waals surface area contributed by atoms with Crippen LogP contribution in [0.25, 0.3) is 29.2 Å². The molecule has 0 saturated carbocycles. The van der Waals surface area contributed by atoms with Crippen molar-refractivity contribution < 1.29 is 19.7 Å². The SMILES string of the molecule is O=C([O-])COc1ccc(/C=C/c2nc(-c3ccccc3O)n(-c3ccccc3)n2)cc1. The first kappa shape index (κ1) is 19.9. The first-order chi connectivity index (χ1) is 15.1. The highest BCUT2D eigenvalue weighted by atomic mass is 16.5. The molecular weight excluding hydrogens is 394 g/mol. The van der Waals surface area contributed by atoms with E-state index in [0.717, 1.165) is 11.3 Å². The summed E-state index contributed by atoms with van der Waals surface area (Å²) in [6.45, 7) is -0.495. The van der Waals surface area contributed by atoms with Crippen molar-refractivity contribution in [2.24, 2.45) is 0 Å². The van der Waals surface area contributed by atoms with Crippen LogP contribution in [0.5, 0.6) is 11.5 Å². The maximum Gasteiger partial charge on any atom is 0.175 e. The zero-order valence-electron chi connectivity index (χ0n) is 16.4. The summed E-state index contributed by atoms with van der Waals surface area (Å²) in [6, 6.07) is 23.5. The molecule has 7 nitrogen and oxygen atoms in total. The van der Waals surface area contributed by atoms with Crippen LogP contribution in [0.3, 0.4) is 0 Å². The monoisotopic (exact) mass is 412 g/mol. The molecule has 1 N–H and O–H groups in total. The number of benzene rings is 3. The Kier molecular flexibility index (Phi) is 5.75. The predicted octanol–water partition coefficient (Wildman–Crippen LogP) is 2.94. The van der Waals surface area contributed by atoms with Gasteiger partial charge in [0.05, 0.1) is 17.2 Å². The Hall–Kier alpha value is -4.39. The van der Waals surface area contributed by atoms with Crippen LogP contribution < -0.4 is 9.84 Å². The summed E-state index contributed by atoms with van der Waals surface area (Å²) >= 11 is 0. The summed E-state index contributed by atoms with van der Waals surface area (Å²) in [5.41, 5.74) is 2.26. The molecule has 0 amide bonds. The Morgan fingerprint density at radius 1 is 0.968 bits per heavy atom. The summed E-state index contributed by atoms with van der Waals surface area (Å²) in [6.07, 6.45) is 3.60. The van der Waals surface area contributed by atoms with E-state index in [1.54, 1.807) is 53.2 Å². The van der Waals surface area contributed by atoms with Crippen molar-refractivity contribution in [1.29, 1.82) is 0 Å². The van der Waals surface area contributed by atoms with E-state index >= 15 is 0 Å². The summed E-state index contributed by atoms with van der Waals surface area (Å²) in [5.74, 6) is 0.281. The minimum Gasteiger partial charge on any atom is -0.546 e. The fraction of sp³-hybridized carbons (Fsp3) is 0.0417. The van der Waals surface area contributed by atoms with E-state index in [0.29, 0.717) is 23.0 Å². The van der Waals surface area contributed by atoms with Crippen LogP contribution in [-0.2, 0) is 4.79 Å². The number of carbonyl (C=O) groups is 1. The normalized spacial score (nSPS) is 11.0. The molecule has 0 fully saturated rings. The number of hydrogen-bond donors (Lipinski definition) is 1. The lowest BCUT2D eigenvalue weighted by Gasteiger charge is -2.06. The molecular formula is C24H18N3O4-. The molecule has 0 saturated heterocycles. The van der Waals surface area contributed by atoms with Crippen molar-refractivity contribution in [3.63, 3.8) is 0 Å². The highest BCUT2D eigenvalue weighted by Crippen LogP contribution is 2.29. The average Bonchev–Trinajstić information content (AvgIpc) is 3.22. The van der Waals surface area contributed by atoms with Gasteiger partial charge in [-0.3, -0.25) is 0 Å². The lowest BCUT2D eigenvalue weighted by Crippen LogP contribution is -2.28. The van der Waals surface area contributed by atoms with Crippen molar-refractivity contribution >= 4 is 18.1 Å². The van der Waals surface area contributed by atoms with Gasteiger partial charge in [-0.1, -0.05) is 48.5 Å². The average molecular weight is 412 g/mol. The predicted molar refractivity (Wildman–Crippen MR) is 114 cm³/mol. The second kappa shape index (κ2) is 8.96. The van der Waals surface area contributed by atoms with Gasteiger partial charge in [-0.25, -0.2) is 9.67 Å². The number of aromatic nitrogens is 3. The van der Waals surface area contributed by atoms with Gasteiger partial charge < -0.3 is 19.7 Å². The topological polar surface area (TPSA) is 100 Å². The lowest BCUT2D eigenvalue weighted by atomic mass is 10.2. The Labute approximate surface area is 178 Å². The number of carboxylic acids is 1. The number of carbonyl (C=O) groups excluding carboxylic acids is 1. The van der Waals surface area contributed by atoms with Gasteiger partial charge in [-0.15, -0.1) is 5.10 Å². The third-order valence-corrected chi connectivity index (χ3v) is 4.43. The van der Waals surface area contributed by atoms with Gasteiger partial charge in [0.25, 0.3) is 0 Å². The fourth-order valence-electron chi connectivity index (χ4n) is 2.97. The summed E-state index contributed by atoms with van der Waals surface area (Å²) in [4.78, 5) is 15.1. The summed E-state index contributed by atoms with van der Waals surface area (Å²) in [5, 5.41) is 25.4. The van der Waals surface area contributed by atoms with Gasteiger partial charge in [0.1, 0.15) is 18.1 Å². The minimum absolute atomic E-state index is 0.120. The molecule has 1 aromatic heterocycles. The van der Waals surface area contributed by atoms with Crippen LogP contribution in [-0.4, -0.2) is 32.4 Å². The molecule has 4 rings (SSSR count). The van der Waals surface area contributed by atoms with Crippen LogP contribution in [0, 0.1) is 0 Å². The molecule has 0 radical (unpaired) electrons. The number of phenols is 1. The molecule has 154 valence electrons. The second-order valence-electron chi connectivity index (χ2n) is 6.62. The minimum atomic E-state index is -1.27. The lowest BCUT2D eigenvalue weighted by molar-refractivity contribution is -0.307. The molecule has 0 aliphatic heterocycles. The van der Waals surface area contributed by atoms with E-state index in [9.17, 15) is 15.0 Å². The van der Waals surface area contributed by atoms with Crippen molar-refractivity contribution in [2.75, 3.05) is 6.61 Å². The standard InChI is InChI=1S/C24H19N3O4/c28-21-9-5-4-8-20(21)24-25-22(26-27(24)18-6-2-1-3-7-18)15-12-17-10-13-19(14-11-17)31-16-23(29)30/h1-15,28H,16H2,(H,29,30)/p-1/b15-12+. The molecule has 0 bridgehead atoms. The van der Waals surface area contributed by atoms with E-state index in [-0.39, 0.29) is 5.75 Å². The number of ether oxygens (including phenoxy) is 1. The molecule has 3 aromatic carbocycles. The summed E-state index contributed by atoms with van der Waals surface area (Å²) < 4.78 is 6.76. The first-order valence-electron chi connectivity index (χ1n) is 9.52. The first-order valence-corrected chi connectivity index (χ1v) is 9.52. The third kappa shape index (κ3) is 4.79. The number of phenolic OH excluding ortho intramolecular Hbond substituents is 1. The highest BCUT2D eigenvalue weighted by Gasteiger charge is 2.15. The van der Waals surface area contributed by atoms with E-state index in [1.807, 2.05) is 42.5 Å². The summed E-state index contributed by atoms with van der Waals surface area (Å²) in [7, 11) is 0. The molecule has 0 aliphatic carbocycles. The number of para-hydroxylation sites is 2. The van der Waals surface area contributed by atoms with Crippen molar-refractivity contribution in [1.82, 2.24) is 14.8 Å². The van der Waals surface area contributed by atoms with E-state index in [2.05, 4.69) is 10.1 Å². The van der Waals surface area contributed by atoms with E-state index in [1.165, 1.54) is 0 Å². The molecule has 31 heavy (non-hydrogen) atoms. The number of hydrogen-bond acceptors (Lipinski definition) is 6. The molecule has 4 aromatic rings. The molecule has 7 heteroatoms. The van der Waals surface area contributed by atoms with Gasteiger partial charge in [0.15, 0.2) is 11.6 Å².